The number of ether oxygens (including phenoxy) is 1. The van der Waals surface area contributed by atoms with Crippen LogP contribution in [0.15, 0.2) is 36.4 Å². The topological polar surface area (TPSA) is 45.7 Å². The highest BCUT2D eigenvalue weighted by Gasteiger charge is 2.24. The van der Waals surface area contributed by atoms with Gasteiger partial charge in [0, 0.05) is 37.3 Å². The van der Waals surface area contributed by atoms with Crippen molar-refractivity contribution in [3.63, 3.8) is 0 Å². The first-order valence-corrected chi connectivity index (χ1v) is 10.8. The standard InChI is InChI=1S/C21H20ClF2N3O2S/c22-14-2-5-18-19(12-14)30-21(25-18)27(7-1-6-26-8-10-29-11-9-26)20(28)16-4-3-15(23)13-17(16)24/h2-5,12-13H,1,6-11H2. The van der Waals surface area contributed by atoms with Gasteiger partial charge in [0.2, 0.25) is 0 Å². The van der Waals surface area contributed by atoms with Crippen LogP contribution in [0.3, 0.4) is 0 Å². The Kier molecular flexibility index (Phi) is 6.58. The Hall–Kier alpha value is -2.13. The number of aromatic nitrogens is 1. The zero-order chi connectivity index (χ0) is 21.1. The summed E-state index contributed by atoms with van der Waals surface area (Å²) in [5.74, 6) is -2.15. The third-order valence-electron chi connectivity index (χ3n) is 4.94. The summed E-state index contributed by atoms with van der Waals surface area (Å²) in [7, 11) is 0. The van der Waals surface area contributed by atoms with Crippen LogP contribution < -0.4 is 4.90 Å². The zero-order valence-electron chi connectivity index (χ0n) is 16.1. The molecule has 1 aliphatic heterocycles. The molecule has 1 aromatic heterocycles. The van der Waals surface area contributed by atoms with Crippen molar-refractivity contribution in [2.75, 3.05) is 44.3 Å². The minimum atomic E-state index is -0.887. The van der Waals surface area contributed by atoms with E-state index in [9.17, 15) is 13.6 Å². The van der Waals surface area contributed by atoms with E-state index in [2.05, 4.69) is 9.88 Å². The fraction of sp³-hybridized carbons (Fsp3) is 0.333. The lowest BCUT2D eigenvalue weighted by molar-refractivity contribution is 0.0376. The molecule has 1 fully saturated rings. The van der Waals surface area contributed by atoms with Gasteiger partial charge < -0.3 is 4.74 Å². The van der Waals surface area contributed by atoms with E-state index >= 15 is 0 Å². The van der Waals surface area contributed by atoms with Gasteiger partial charge in [0.15, 0.2) is 5.13 Å². The number of hydrogen-bond acceptors (Lipinski definition) is 5. The van der Waals surface area contributed by atoms with E-state index in [0.717, 1.165) is 36.5 Å². The maximum atomic E-state index is 14.3. The zero-order valence-corrected chi connectivity index (χ0v) is 17.7. The maximum absolute atomic E-state index is 14.3. The average Bonchev–Trinajstić information content (AvgIpc) is 3.14. The molecule has 0 unspecified atom stereocenters. The number of carbonyl (C=O) groups excluding carboxylic acids is 1. The molecule has 4 rings (SSSR count). The van der Waals surface area contributed by atoms with Crippen molar-refractivity contribution in [1.82, 2.24) is 9.88 Å². The molecule has 1 aliphatic rings. The molecule has 2 heterocycles. The normalized spacial score (nSPS) is 14.9. The SMILES string of the molecule is O=C(c1ccc(F)cc1F)N(CCCN1CCOCC1)c1nc2ccc(Cl)cc2s1. The molecule has 158 valence electrons. The summed E-state index contributed by atoms with van der Waals surface area (Å²) in [5.41, 5.74) is 0.532. The number of rotatable bonds is 6. The van der Waals surface area contributed by atoms with Crippen molar-refractivity contribution in [1.29, 1.82) is 0 Å². The summed E-state index contributed by atoms with van der Waals surface area (Å²) in [4.78, 5) is 21.5. The van der Waals surface area contributed by atoms with Crippen LogP contribution in [-0.4, -0.2) is 55.2 Å². The lowest BCUT2D eigenvalue weighted by Crippen LogP contribution is -2.39. The van der Waals surface area contributed by atoms with E-state index in [1.54, 1.807) is 18.2 Å². The monoisotopic (exact) mass is 451 g/mol. The summed E-state index contributed by atoms with van der Waals surface area (Å²) in [5, 5.41) is 1.04. The highest BCUT2D eigenvalue weighted by molar-refractivity contribution is 7.22. The average molecular weight is 452 g/mol. The fourth-order valence-electron chi connectivity index (χ4n) is 3.37. The molecule has 1 amide bonds. The molecule has 30 heavy (non-hydrogen) atoms. The Labute approximate surface area is 181 Å². The second-order valence-electron chi connectivity index (χ2n) is 7.00. The van der Waals surface area contributed by atoms with Crippen LogP contribution in [0.1, 0.15) is 16.8 Å². The maximum Gasteiger partial charge on any atom is 0.263 e. The molecule has 0 atom stereocenters. The Bertz CT molecular complexity index is 1060. The van der Waals surface area contributed by atoms with Crippen LogP contribution in [0.2, 0.25) is 5.02 Å². The number of morpholine rings is 1. The Morgan fingerprint density at radius 2 is 2.00 bits per heavy atom. The van der Waals surface area contributed by atoms with Gasteiger partial charge in [-0.3, -0.25) is 14.6 Å². The van der Waals surface area contributed by atoms with E-state index in [1.165, 1.54) is 22.3 Å². The van der Waals surface area contributed by atoms with Gasteiger partial charge in [-0.1, -0.05) is 22.9 Å². The third-order valence-corrected chi connectivity index (χ3v) is 6.21. The summed E-state index contributed by atoms with van der Waals surface area (Å²) < 4.78 is 33.8. The van der Waals surface area contributed by atoms with Crippen molar-refractivity contribution in [3.8, 4) is 0 Å². The first-order valence-electron chi connectivity index (χ1n) is 9.64. The number of amides is 1. The second-order valence-corrected chi connectivity index (χ2v) is 8.44. The van der Waals surface area contributed by atoms with E-state index in [4.69, 9.17) is 16.3 Å². The highest BCUT2D eigenvalue weighted by atomic mass is 35.5. The molecular formula is C21H20ClF2N3O2S. The molecule has 0 aliphatic carbocycles. The number of halogens is 3. The Balaban J connectivity index is 1.59. The minimum Gasteiger partial charge on any atom is -0.379 e. The van der Waals surface area contributed by atoms with Gasteiger partial charge in [-0.25, -0.2) is 13.8 Å². The lowest BCUT2D eigenvalue weighted by atomic mass is 10.1. The molecule has 0 bridgehead atoms. The van der Waals surface area contributed by atoms with Crippen molar-refractivity contribution in [2.45, 2.75) is 6.42 Å². The molecule has 0 saturated carbocycles. The predicted molar refractivity (Wildman–Crippen MR) is 115 cm³/mol. The number of fused-ring (bicyclic) bond motifs is 1. The number of anilines is 1. The van der Waals surface area contributed by atoms with Crippen LogP contribution in [0.25, 0.3) is 10.2 Å². The predicted octanol–water partition coefficient (Wildman–Crippen LogP) is 4.60. The van der Waals surface area contributed by atoms with Crippen LogP contribution in [-0.2, 0) is 4.74 Å². The molecule has 0 N–H and O–H groups in total. The summed E-state index contributed by atoms with van der Waals surface area (Å²) >= 11 is 7.39. The molecule has 3 aromatic rings. The molecule has 1 saturated heterocycles. The van der Waals surface area contributed by atoms with Crippen LogP contribution in [0.5, 0.6) is 0 Å². The molecule has 2 aromatic carbocycles. The van der Waals surface area contributed by atoms with Crippen molar-refractivity contribution < 1.29 is 18.3 Å². The Morgan fingerprint density at radius 1 is 1.20 bits per heavy atom. The van der Waals surface area contributed by atoms with E-state index in [0.29, 0.717) is 41.9 Å². The van der Waals surface area contributed by atoms with Gasteiger partial charge in [0.05, 0.1) is 29.0 Å². The van der Waals surface area contributed by atoms with Crippen molar-refractivity contribution >= 4 is 44.2 Å². The molecular weight excluding hydrogens is 432 g/mol. The number of thiazole rings is 1. The van der Waals surface area contributed by atoms with Crippen LogP contribution in [0.4, 0.5) is 13.9 Å². The van der Waals surface area contributed by atoms with E-state index in [1.807, 2.05) is 0 Å². The summed E-state index contributed by atoms with van der Waals surface area (Å²) in [6, 6.07) is 8.28. The summed E-state index contributed by atoms with van der Waals surface area (Å²) in [6.07, 6.45) is 0.686. The van der Waals surface area contributed by atoms with Crippen molar-refractivity contribution in [2.24, 2.45) is 0 Å². The molecule has 0 spiro atoms. The largest absolute Gasteiger partial charge is 0.379 e. The lowest BCUT2D eigenvalue weighted by Gasteiger charge is -2.27. The molecule has 9 heteroatoms. The van der Waals surface area contributed by atoms with Gasteiger partial charge in [-0.2, -0.15) is 0 Å². The van der Waals surface area contributed by atoms with Gasteiger partial charge in [-0.15, -0.1) is 0 Å². The van der Waals surface area contributed by atoms with Gasteiger partial charge in [-0.05, 0) is 36.8 Å². The number of hydrogen-bond donors (Lipinski definition) is 0. The van der Waals surface area contributed by atoms with Crippen LogP contribution in [0, 0.1) is 11.6 Å². The minimum absolute atomic E-state index is 0.180. The Morgan fingerprint density at radius 3 is 2.77 bits per heavy atom. The van der Waals surface area contributed by atoms with Gasteiger partial charge >= 0.3 is 0 Å². The smallest absolute Gasteiger partial charge is 0.263 e. The van der Waals surface area contributed by atoms with E-state index in [-0.39, 0.29) is 5.56 Å². The van der Waals surface area contributed by atoms with Crippen molar-refractivity contribution in [3.05, 3.63) is 58.6 Å². The molecule has 0 radical (unpaired) electrons. The second kappa shape index (κ2) is 9.34. The first-order chi connectivity index (χ1) is 14.5. The van der Waals surface area contributed by atoms with E-state index < -0.39 is 17.5 Å². The highest BCUT2D eigenvalue weighted by Crippen LogP contribution is 2.32. The fourth-order valence-corrected chi connectivity index (χ4v) is 4.64. The van der Waals surface area contributed by atoms with Gasteiger partial charge in [0.25, 0.3) is 5.91 Å². The summed E-state index contributed by atoms with van der Waals surface area (Å²) in [6.45, 7) is 4.24. The van der Waals surface area contributed by atoms with Crippen LogP contribution >= 0.6 is 22.9 Å². The number of carbonyl (C=O) groups is 1. The quantitative estimate of drug-likeness (QED) is 0.549. The first kappa shape index (κ1) is 21.1. The van der Waals surface area contributed by atoms with Gasteiger partial charge in [0.1, 0.15) is 11.6 Å². The third kappa shape index (κ3) is 4.78. The number of nitrogens with zero attached hydrogens (tertiary/aromatic N) is 3. The molecule has 5 nitrogen and oxygen atoms in total. The number of benzene rings is 2.